The van der Waals surface area contributed by atoms with Crippen molar-refractivity contribution >= 4 is 18.3 Å². The Hall–Kier alpha value is -1.91. The number of likely N-dealkylation sites (N-methyl/N-ethyl adjacent to an activating group) is 1. The van der Waals surface area contributed by atoms with Gasteiger partial charge in [-0.3, -0.25) is 4.90 Å². The van der Waals surface area contributed by atoms with E-state index in [0.717, 1.165) is 54.5 Å². The third-order valence-corrected chi connectivity index (χ3v) is 18.2. The molecule has 2 aliphatic heterocycles. The zero-order valence-electron chi connectivity index (χ0n) is 26.6. The lowest BCUT2D eigenvalue weighted by molar-refractivity contribution is -0.195. The molecule has 0 amide bonds. The molecule has 5 aliphatic rings. The summed E-state index contributed by atoms with van der Waals surface area (Å²) in [5, 5.41) is 13.0. The van der Waals surface area contributed by atoms with E-state index in [9.17, 15) is 13.5 Å². The van der Waals surface area contributed by atoms with Gasteiger partial charge in [0.2, 0.25) is 10.0 Å². The predicted molar refractivity (Wildman–Crippen MR) is 172 cm³/mol. The van der Waals surface area contributed by atoms with Crippen LogP contribution in [-0.2, 0) is 27.6 Å². The standard InChI is InChI=1S/C34H48N2O5SSi/c1-32(2,3)43(5,6)41-27-15-14-25-20-28-34(37)17-16-26(35(4)42(38,39)22-24-10-8-7-9-11-24)31-33(34,29(25)30(27)40-31)18-19-36(28)21-23-12-13-23/h7-11,14-15,23,26,28,31,37H,12-13,16-22H2,1-6H3/t26-,28-,31-,33-,34+/m0/s1. The van der Waals surface area contributed by atoms with Crippen molar-refractivity contribution in [2.24, 2.45) is 5.92 Å². The summed E-state index contributed by atoms with van der Waals surface area (Å²) in [6.45, 7) is 13.1. The second kappa shape index (κ2) is 9.79. The maximum atomic E-state index is 13.9. The molecular weight excluding hydrogens is 577 g/mol. The fourth-order valence-corrected chi connectivity index (χ4v) is 10.9. The molecule has 2 aromatic carbocycles. The number of sulfonamides is 1. The van der Waals surface area contributed by atoms with Crippen molar-refractivity contribution in [3.8, 4) is 11.5 Å². The van der Waals surface area contributed by atoms with Crippen LogP contribution in [0.1, 0.15) is 69.6 Å². The minimum atomic E-state index is -3.64. The van der Waals surface area contributed by atoms with Crippen LogP contribution in [-0.4, -0.2) is 75.0 Å². The molecule has 234 valence electrons. The first kappa shape index (κ1) is 29.8. The molecular formula is C34H48N2O5SSi. The molecule has 9 heteroatoms. The highest BCUT2D eigenvalue weighted by Gasteiger charge is 2.73. The second-order valence-corrected chi connectivity index (χ2v) is 22.2. The molecule has 3 aliphatic carbocycles. The SMILES string of the molecule is CN([C@H]1CC[C@@]2(O)[C@@H]3Cc4ccc(O[Si](C)(C)C(C)(C)C)c5c4[C@@]2(CCN3CC2CC2)[C@H]1O5)S(=O)(=O)Cc1ccccc1. The van der Waals surface area contributed by atoms with Crippen LogP contribution in [0.3, 0.4) is 0 Å². The van der Waals surface area contributed by atoms with Gasteiger partial charge in [0.25, 0.3) is 8.32 Å². The summed E-state index contributed by atoms with van der Waals surface area (Å²) in [6, 6.07) is 13.3. The topological polar surface area (TPSA) is 79.3 Å². The number of hydrogen-bond donors (Lipinski definition) is 1. The van der Waals surface area contributed by atoms with E-state index < -0.39 is 35.5 Å². The van der Waals surface area contributed by atoms with Crippen LogP contribution >= 0.6 is 0 Å². The van der Waals surface area contributed by atoms with Gasteiger partial charge >= 0.3 is 0 Å². The Morgan fingerprint density at radius 3 is 2.49 bits per heavy atom. The maximum Gasteiger partial charge on any atom is 0.250 e. The van der Waals surface area contributed by atoms with Crippen molar-refractivity contribution in [3.63, 3.8) is 0 Å². The van der Waals surface area contributed by atoms with Crippen molar-refractivity contribution in [1.82, 2.24) is 9.21 Å². The van der Waals surface area contributed by atoms with E-state index in [4.69, 9.17) is 9.16 Å². The van der Waals surface area contributed by atoms with Gasteiger partial charge in [-0.25, -0.2) is 8.42 Å². The molecule has 1 spiro atoms. The minimum Gasteiger partial charge on any atom is -0.541 e. The Balaban J connectivity index is 1.32. The monoisotopic (exact) mass is 624 g/mol. The largest absolute Gasteiger partial charge is 0.541 e. The maximum absolute atomic E-state index is 13.9. The number of rotatable bonds is 8. The molecule has 7 rings (SSSR count). The number of aliphatic hydroxyl groups is 1. The van der Waals surface area contributed by atoms with E-state index >= 15 is 0 Å². The first-order valence-electron chi connectivity index (χ1n) is 16.2. The molecule has 0 radical (unpaired) electrons. The van der Waals surface area contributed by atoms with Gasteiger partial charge in [0.05, 0.1) is 22.8 Å². The van der Waals surface area contributed by atoms with Gasteiger partial charge < -0.3 is 14.3 Å². The van der Waals surface area contributed by atoms with E-state index in [2.05, 4.69) is 50.9 Å². The van der Waals surface area contributed by atoms with E-state index in [1.807, 2.05) is 30.3 Å². The zero-order valence-corrected chi connectivity index (χ0v) is 28.4. The van der Waals surface area contributed by atoms with Gasteiger partial charge in [0, 0.05) is 25.2 Å². The molecule has 0 unspecified atom stereocenters. The average molecular weight is 625 g/mol. The van der Waals surface area contributed by atoms with Crippen molar-refractivity contribution in [2.75, 3.05) is 20.1 Å². The van der Waals surface area contributed by atoms with Crippen LogP contribution in [0.15, 0.2) is 42.5 Å². The molecule has 1 saturated heterocycles. The van der Waals surface area contributed by atoms with Gasteiger partial charge in [-0.05, 0) is 86.3 Å². The summed E-state index contributed by atoms with van der Waals surface area (Å²) in [6.07, 6.45) is 4.73. The normalized spacial score (nSPS) is 32.0. The summed E-state index contributed by atoms with van der Waals surface area (Å²) in [5.74, 6) is 2.18. The third-order valence-electron chi connectivity index (χ3n) is 12.0. The van der Waals surface area contributed by atoms with Gasteiger partial charge in [0.15, 0.2) is 5.75 Å². The Kier molecular flexibility index (Phi) is 6.78. The fraction of sp³-hybridized carbons (Fsp3) is 0.647. The number of likely N-dealkylation sites (tertiary alicyclic amines) is 1. The van der Waals surface area contributed by atoms with Crippen LogP contribution < -0.4 is 9.16 Å². The smallest absolute Gasteiger partial charge is 0.250 e. The van der Waals surface area contributed by atoms with E-state index in [-0.39, 0.29) is 22.9 Å². The molecule has 0 aromatic heterocycles. The lowest BCUT2D eigenvalue weighted by Gasteiger charge is -2.64. The number of piperidine rings is 1. The average Bonchev–Trinajstić information content (AvgIpc) is 3.68. The van der Waals surface area contributed by atoms with E-state index in [1.54, 1.807) is 11.4 Å². The lowest BCUT2D eigenvalue weighted by atomic mass is 9.48. The van der Waals surface area contributed by atoms with Crippen LogP contribution in [0.4, 0.5) is 0 Å². The summed E-state index contributed by atoms with van der Waals surface area (Å²) in [4.78, 5) is 2.55. The van der Waals surface area contributed by atoms with Crippen LogP contribution in [0.25, 0.3) is 0 Å². The zero-order chi connectivity index (χ0) is 30.6. The molecule has 2 heterocycles. The molecule has 2 aromatic rings. The van der Waals surface area contributed by atoms with Gasteiger partial charge in [-0.1, -0.05) is 57.2 Å². The van der Waals surface area contributed by atoms with Crippen LogP contribution in [0, 0.1) is 5.92 Å². The molecule has 2 saturated carbocycles. The number of hydrogen-bond acceptors (Lipinski definition) is 6. The Bertz CT molecular complexity index is 1520. The van der Waals surface area contributed by atoms with Crippen molar-refractivity contribution in [3.05, 3.63) is 59.2 Å². The van der Waals surface area contributed by atoms with E-state index in [1.165, 1.54) is 18.4 Å². The van der Waals surface area contributed by atoms with E-state index in [0.29, 0.717) is 12.8 Å². The molecule has 5 atom stereocenters. The highest BCUT2D eigenvalue weighted by molar-refractivity contribution is 7.88. The van der Waals surface area contributed by atoms with Gasteiger partial charge in [0.1, 0.15) is 11.9 Å². The quantitative estimate of drug-likeness (QED) is 0.393. The third kappa shape index (κ3) is 4.47. The number of ether oxygens (including phenoxy) is 1. The van der Waals surface area contributed by atoms with Crippen LogP contribution in [0.2, 0.25) is 18.1 Å². The van der Waals surface area contributed by atoms with Gasteiger partial charge in [-0.15, -0.1) is 0 Å². The minimum absolute atomic E-state index is 0.00532. The van der Waals surface area contributed by atoms with Crippen molar-refractivity contribution < 1.29 is 22.7 Å². The first-order valence-corrected chi connectivity index (χ1v) is 20.7. The second-order valence-electron chi connectivity index (χ2n) is 15.5. The Morgan fingerprint density at radius 2 is 1.81 bits per heavy atom. The Morgan fingerprint density at radius 1 is 1.09 bits per heavy atom. The number of nitrogens with zero attached hydrogens (tertiary/aromatic N) is 2. The Labute approximate surface area is 258 Å². The van der Waals surface area contributed by atoms with Crippen LogP contribution in [0.5, 0.6) is 11.5 Å². The summed E-state index contributed by atoms with van der Waals surface area (Å²) < 4.78 is 43.3. The lowest BCUT2D eigenvalue weighted by Crippen LogP contribution is -2.78. The predicted octanol–water partition coefficient (Wildman–Crippen LogP) is 5.47. The molecule has 2 bridgehead atoms. The first-order chi connectivity index (χ1) is 20.2. The highest BCUT2D eigenvalue weighted by Crippen LogP contribution is 2.66. The summed E-state index contributed by atoms with van der Waals surface area (Å²) in [7, 11) is -4.12. The molecule has 1 N–H and O–H groups in total. The highest BCUT2D eigenvalue weighted by atomic mass is 32.2. The van der Waals surface area contributed by atoms with Gasteiger partial charge in [-0.2, -0.15) is 4.31 Å². The summed E-state index contributed by atoms with van der Waals surface area (Å²) in [5.41, 5.74) is 1.43. The van der Waals surface area contributed by atoms with Crippen molar-refractivity contribution in [1.29, 1.82) is 0 Å². The van der Waals surface area contributed by atoms with Crippen molar-refractivity contribution in [2.45, 2.75) is 112 Å². The fourth-order valence-electron chi connectivity index (χ4n) is 8.42. The molecule has 7 nitrogen and oxygen atoms in total. The molecule has 3 fully saturated rings. The molecule has 43 heavy (non-hydrogen) atoms. The number of benzene rings is 2. The summed E-state index contributed by atoms with van der Waals surface area (Å²) >= 11 is 0.